The highest BCUT2D eigenvalue weighted by Gasteiger charge is 2.51. The fourth-order valence-electron chi connectivity index (χ4n) is 3.09. The summed E-state index contributed by atoms with van der Waals surface area (Å²) in [5.41, 5.74) is -1.03. The van der Waals surface area contributed by atoms with Crippen molar-refractivity contribution < 1.29 is 14.3 Å². The molecule has 5 heteroatoms. The van der Waals surface area contributed by atoms with E-state index in [0.717, 1.165) is 13.0 Å². The molecular formula is C16H28N2O3. The number of ether oxygens (including phenoxy) is 1. The van der Waals surface area contributed by atoms with Crippen molar-refractivity contribution in [2.24, 2.45) is 11.3 Å². The van der Waals surface area contributed by atoms with Crippen LogP contribution in [0.5, 0.6) is 0 Å². The lowest BCUT2D eigenvalue weighted by Crippen LogP contribution is -2.72. The second-order valence-electron chi connectivity index (χ2n) is 7.58. The van der Waals surface area contributed by atoms with E-state index < -0.39 is 11.6 Å². The van der Waals surface area contributed by atoms with E-state index in [4.69, 9.17) is 4.74 Å². The number of piperazine rings is 1. The number of amides is 2. The van der Waals surface area contributed by atoms with Crippen LogP contribution in [0, 0.1) is 11.3 Å². The normalized spacial score (nSPS) is 34.2. The quantitative estimate of drug-likeness (QED) is 0.860. The van der Waals surface area contributed by atoms with Crippen LogP contribution in [0.3, 0.4) is 0 Å². The van der Waals surface area contributed by atoms with Crippen molar-refractivity contribution in [3.05, 3.63) is 0 Å². The Balaban J connectivity index is 2.28. The van der Waals surface area contributed by atoms with Crippen LogP contribution in [0.4, 0.5) is 0 Å². The standard InChI is InChI=1S/C16H28N2O3/c1-6-16(5)14(20)17-12(15(2,3)4)13(19)18(16)9-11-7-8-21-10-11/h11-12H,6-10H2,1-5H3,(H,17,20). The molecule has 2 aliphatic rings. The SMILES string of the molecule is CCC1(C)C(=O)NC(C(C)(C)C)C(=O)N1CC1CCOC1. The molecule has 0 bridgehead atoms. The Morgan fingerprint density at radius 3 is 2.52 bits per heavy atom. The predicted octanol–water partition coefficient (Wildman–Crippen LogP) is 1.56. The molecule has 0 aromatic carbocycles. The van der Waals surface area contributed by atoms with Gasteiger partial charge in [0, 0.05) is 19.1 Å². The molecule has 2 rings (SSSR count). The minimum Gasteiger partial charge on any atom is -0.381 e. The van der Waals surface area contributed by atoms with E-state index in [0.29, 0.717) is 25.5 Å². The molecule has 2 fully saturated rings. The van der Waals surface area contributed by atoms with Gasteiger partial charge in [0.1, 0.15) is 11.6 Å². The number of hydrogen-bond acceptors (Lipinski definition) is 3. The molecule has 0 aromatic heterocycles. The maximum absolute atomic E-state index is 13.0. The molecule has 0 saturated carbocycles. The molecule has 3 atom stereocenters. The van der Waals surface area contributed by atoms with Gasteiger partial charge in [-0.1, -0.05) is 27.7 Å². The molecule has 0 aromatic rings. The summed E-state index contributed by atoms with van der Waals surface area (Å²) in [4.78, 5) is 27.4. The first-order valence-electron chi connectivity index (χ1n) is 7.90. The van der Waals surface area contributed by atoms with Gasteiger partial charge in [-0.2, -0.15) is 0 Å². The van der Waals surface area contributed by atoms with E-state index >= 15 is 0 Å². The molecule has 2 saturated heterocycles. The summed E-state index contributed by atoms with van der Waals surface area (Å²) >= 11 is 0. The molecule has 2 aliphatic heterocycles. The van der Waals surface area contributed by atoms with Crippen molar-refractivity contribution >= 4 is 11.8 Å². The molecule has 120 valence electrons. The van der Waals surface area contributed by atoms with E-state index in [2.05, 4.69) is 5.32 Å². The van der Waals surface area contributed by atoms with Gasteiger partial charge < -0.3 is 15.0 Å². The maximum Gasteiger partial charge on any atom is 0.246 e. The highest BCUT2D eigenvalue weighted by Crippen LogP contribution is 2.32. The van der Waals surface area contributed by atoms with Crippen LogP contribution in [0.15, 0.2) is 0 Å². The fraction of sp³-hybridized carbons (Fsp3) is 0.875. The molecule has 3 unspecified atom stereocenters. The summed E-state index contributed by atoms with van der Waals surface area (Å²) in [5, 5.41) is 2.94. The molecule has 0 spiro atoms. The molecule has 0 aliphatic carbocycles. The summed E-state index contributed by atoms with van der Waals surface area (Å²) in [6, 6.07) is -0.452. The maximum atomic E-state index is 13.0. The van der Waals surface area contributed by atoms with Crippen LogP contribution >= 0.6 is 0 Å². The van der Waals surface area contributed by atoms with Crippen molar-refractivity contribution in [1.82, 2.24) is 10.2 Å². The van der Waals surface area contributed by atoms with E-state index in [9.17, 15) is 9.59 Å². The summed E-state index contributed by atoms with van der Waals surface area (Å²) in [6.45, 7) is 11.8. The van der Waals surface area contributed by atoms with Crippen molar-refractivity contribution in [3.8, 4) is 0 Å². The lowest BCUT2D eigenvalue weighted by Gasteiger charge is -2.49. The van der Waals surface area contributed by atoms with Gasteiger partial charge in [-0.25, -0.2) is 0 Å². The summed E-state index contributed by atoms with van der Waals surface area (Å²) < 4.78 is 5.42. The van der Waals surface area contributed by atoms with Gasteiger partial charge in [0.15, 0.2) is 0 Å². The van der Waals surface area contributed by atoms with Crippen molar-refractivity contribution in [2.45, 2.75) is 59.0 Å². The van der Waals surface area contributed by atoms with E-state index in [1.54, 1.807) is 4.90 Å². The number of nitrogens with zero attached hydrogens (tertiary/aromatic N) is 1. The second kappa shape index (κ2) is 5.59. The summed E-state index contributed by atoms with van der Waals surface area (Å²) in [6.07, 6.45) is 1.58. The Hall–Kier alpha value is -1.10. The Kier molecular flexibility index (Phi) is 4.34. The molecule has 2 heterocycles. The fourth-order valence-corrected chi connectivity index (χ4v) is 3.09. The highest BCUT2D eigenvalue weighted by atomic mass is 16.5. The number of nitrogens with one attached hydrogen (secondary N) is 1. The molecule has 0 radical (unpaired) electrons. The predicted molar refractivity (Wildman–Crippen MR) is 80.7 cm³/mol. The lowest BCUT2D eigenvalue weighted by atomic mass is 9.80. The Morgan fingerprint density at radius 2 is 2.05 bits per heavy atom. The van der Waals surface area contributed by atoms with Gasteiger partial charge in [0.2, 0.25) is 11.8 Å². The van der Waals surface area contributed by atoms with Gasteiger partial charge in [-0.3, -0.25) is 9.59 Å². The van der Waals surface area contributed by atoms with Gasteiger partial charge in [0.25, 0.3) is 0 Å². The van der Waals surface area contributed by atoms with Crippen LogP contribution in [-0.2, 0) is 14.3 Å². The van der Waals surface area contributed by atoms with E-state index in [1.807, 2.05) is 34.6 Å². The third-order valence-electron chi connectivity index (χ3n) is 4.89. The number of carbonyl (C=O) groups excluding carboxylic acids is 2. The first-order valence-corrected chi connectivity index (χ1v) is 7.90. The van der Waals surface area contributed by atoms with E-state index in [-0.39, 0.29) is 17.2 Å². The number of carbonyl (C=O) groups is 2. The summed E-state index contributed by atoms with van der Waals surface area (Å²) in [5.74, 6) is 0.341. The highest BCUT2D eigenvalue weighted by molar-refractivity contribution is 6.00. The Bertz CT molecular complexity index is 424. The van der Waals surface area contributed by atoms with Crippen molar-refractivity contribution in [3.63, 3.8) is 0 Å². The molecule has 1 N–H and O–H groups in total. The zero-order valence-corrected chi connectivity index (χ0v) is 13.9. The average Bonchev–Trinajstić information content (AvgIpc) is 2.90. The zero-order valence-electron chi connectivity index (χ0n) is 13.9. The van der Waals surface area contributed by atoms with Crippen LogP contribution in [-0.4, -0.2) is 48.1 Å². The minimum absolute atomic E-state index is 0.0385. The topological polar surface area (TPSA) is 58.6 Å². The largest absolute Gasteiger partial charge is 0.381 e. The van der Waals surface area contributed by atoms with Gasteiger partial charge in [-0.05, 0) is 25.2 Å². The smallest absolute Gasteiger partial charge is 0.246 e. The molecular weight excluding hydrogens is 268 g/mol. The van der Waals surface area contributed by atoms with Crippen LogP contribution in [0.1, 0.15) is 47.5 Å². The third kappa shape index (κ3) is 2.93. The molecule has 21 heavy (non-hydrogen) atoms. The minimum atomic E-state index is -0.749. The van der Waals surface area contributed by atoms with Crippen molar-refractivity contribution in [1.29, 1.82) is 0 Å². The van der Waals surface area contributed by atoms with E-state index in [1.165, 1.54) is 0 Å². The zero-order chi connectivity index (χ0) is 15.8. The van der Waals surface area contributed by atoms with Gasteiger partial charge >= 0.3 is 0 Å². The average molecular weight is 296 g/mol. The second-order valence-corrected chi connectivity index (χ2v) is 7.58. The number of hydrogen-bond donors (Lipinski definition) is 1. The molecule has 5 nitrogen and oxygen atoms in total. The Morgan fingerprint density at radius 1 is 1.38 bits per heavy atom. The van der Waals surface area contributed by atoms with Crippen LogP contribution < -0.4 is 5.32 Å². The van der Waals surface area contributed by atoms with Crippen LogP contribution in [0.25, 0.3) is 0 Å². The van der Waals surface area contributed by atoms with Gasteiger partial charge in [0.05, 0.1) is 6.61 Å². The van der Waals surface area contributed by atoms with Gasteiger partial charge in [-0.15, -0.1) is 0 Å². The third-order valence-corrected chi connectivity index (χ3v) is 4.89. The monoisotopic (exact) mass is 296 g/mol. The first-order chi connectivity index (χ1) is 9.70. The lowest BCUT2D eigenvalue weighted by molar-refractivity contribution is -0.160. The first kappa shape index (κ1) is 16.3. The molecule has 2 amide bonds. The number of rotatable bonds is 3. The summed E-state index contributed by atoms with van der Waals surface area (Å²) in [7, 11) is 0. The Labute approximate surface area is 127 Å². The van der Waals surface area contributed by atoms with Crippen molar-refractivity contribution in [2.75, 3.05) is 19.8 Å². The van der Waals surface area contributed by atoms with Crippen LogP contribution in [0.2, 0.25) is 0 Å².